The molecular weight excluding hydrogens is 230 g/mol. The summed E-state index contributed by atoms with van der Waals surface area (Å²) in [5, 5.41) is 16.8. The second-order valence-electron chi connectivity index (χ2n) is 4.21. The highest BCUT2D eigenvalue weighted by atomic mass is 16.3. The van der Waals surface area contributed by atoms with E-state index in [9.17, 15) is 4.79 Å². The molecule has 5 heteroatoms. The Morgan fingerprint density at radius 3 is 2.78 bits per heavy atom. The van der Waals surface area contributed by atoms with Gasteiger partial charge in [0.25, 0.3) is 0 Å². The van der Waals surface area contributed by atoms with Gasteiger partial charge in [-0.1, -0.05) is 42.5 Å². The van der Waals surface area contributed by atoms with Crippen LogP contribution in [0.15, 0.2) is 36.5 Å². The Bertz CT molecular complexity index is 522. The third-order valence-corrected chi connectivity index (χ3v) is 2.74. The second kappa shape index (κ2) is 5.55. The molecule has 0 saturated heterocycles. The predicted octanol–water partition coefficient (Wildman–Crippen LogP) is 1.26. The summed E-state index contributed by atoms with van der Waals surface area (Å²) in [5.74, 6) is -0.0747. The van der Waals surface area contributed by atoms with Crippen LogP contribution in [0.3, 0.4) is 0 Å². The Morgan fingerprint density at radius 1 is 1.39 bits per heavy atom. The Hall–Kier alpha value is -2.01. The van der Waals surface area contributed by atoms with Crippen molar-refractivity contribution in [2.75, 3.05) is 6.61 Å². The van der Waals surface area contributed by atoms with Gasteiger partial charge in [0.15, 0.2) is 5.78 Å². The van der Waals surface area contributed by atoms with Crippen LogP contribution < -0.4 is 0 Å². The highest BCUT2D eigenvalue weighted by molar-refractivity contribution is 5.95. The fourth-order valence-corrected chi connectivity index (χ4v) is 1.57. The zero-order chi connectivity index (χ0) is 13.0. The van der Waals surface area contributed by atoms with E-state index in [2.05, 4.69) is 10.3 Å². The van der Waals surface area contributed by atoms with Crippen molar-refractivity contribution in [3.8, 4) is 0 Å². The number of rotatable bonds is 5. The maximum Gasteiger partial charge on any atom is 0.184 e. The maximum atomic E-state index is 11.9. The minimum Gasteiger partial charge on any atom is -0.396 e. The molecule has 2 aromatic rings. The number of nitrogens with zero attached hydrogens (tertiary/aromatic N) is 3. The average Bonchev–Trinajstić information content (AvgIpc) is 2.87. The largest absolute Gasteiger partial charge is 0.396 e. The summed E-state index contributed by atoms with van der Waals surface area (Å²) in [6, 6.07) is 9.07. The topological polar surface area (TPSA) is 68.0 Å². The summed E-state index contributed by atoms with van der Waals surface area (Å²) in [5.41, 5.74) is 1.35. The Balaban J connectivity index is 2.06. The fourth-order valence-electron chi connectivity index (χ4n) is 1.57. The van der Waals surface area contributed by atoms with E-state index in [1.165, 1.54) is 4.68 Å². The molecule has 5 nitrogen and oxygen atoms in total. The average molecular weight is 245 g/mol. The molecule has 0 aliphatic heterocycles. The van der Waals surface area contributed by atoms with Crippen molar-refractivity contribution < 1.29 is 9.90 Å². The molecule has 0 aliphatic carbocycles. The van der Waals surface area contributed by atoms with Crippen molar-refractivity contribution in [3.05, 3.63) is 47.8 Å². The first-order chi connectivity index (χ1) is 8.70. The quantitative estimate of drug-likeness (QED) is 0.805. The van der Waals surface area contributed by atoms with E-state index in [0.29, 0.717) is 11.3 Å². The van der Waals surface area contributed by atoms with Crippen LogP contribution in [0.2, 0.25) is 0 Å². The Labute approximate surface area is 105 Å². The van der Waals surface area contributed by atoms with Crippen LogP contribution in [0.4, 0.5) is 0 Å². The Kier molecular flexibility index (Phi) is 3.84. The first kappa shape index (κ1) is 12.4. The molecule has 0 bridgehead atoms. The first-order valence-electron chi connectivity index (χ1n) is 5.80. The van der Waals surface area contributed by atoms with Gasteiger partial charge in [0.05, 0.1) is 12.3 Å². The van der Waals surface area contributed by atoms with E-state index < -0.39 is 0 Å². The summed E-state index contributed by atoms with van der Waals surface area (Å²) < 4.78 is 1.50. The van der Waals surface area contributed by atoms with Crippen LogP contribution in [-0.2, 0) is 6.54 Å². The van der Waals surface area contributed by atoms with Crippen molar-refractivity contribution in [2.24, 2.45) is 0 Å². The monoisotopic (exact) mass is 245 g/mol. The first-order valence-corrected chi connectivity index (χ1v) is 5.80. The minimum atomic E-state index is -0.0643. The Morgan fingerprint density at radius 2 is 2.11 bits per heavy atom. The van der Waals surface area contributed by atoms with E-state index in [1.54, 1.807) is 18.3 Å². The number of aliphatic hydroxyl groups is 1. The standard InChI is InChI=1S/C13H15N3O2/c1-10(9-17)12-7-16(15-14-12)8-13(18)11-5-3-2-4-6-11/h2-7,10,17H,8-9H2,1H3. The van der Waals surface area contributed by atoms with E-state index in [4.69, 9.17) is 5.11 Å². The molecule has 2 rings (SSSR count). The number of ketones is 1. The zero-order valence-corrected chi connectivity index (χ0v) is 10.2. The predicted molar refractivity (Wildman–Crippen MR) is 66.3 cm³/mol. The molecule has 1 aromatic carbocycles. The van der Waals surface area contributed by atoms with Gasteiger partial charge in [0.2, 0.25) is 0 Å². The summed E-state index contributed by atoms with van der Waals surface area (Å²) in [6.45, 7) is 2.04. The zero-order valence-electron chi connectivity index (χ0n) is 10.2. The number of Topliss-reactive ketones (excluding diaryl/α,β-unsaturated/α-hetero) is 1. The van der Waals surface area contributed by atoms with Crippen LogP contribution in [0.5, 0.6) is 0 Å². The summed E-state index contributed by atoms with van der Waals surface area (Å²) in [4.78, 5) is 11.9. The lowest BCUT2D eigenvalue weighted by Gasteiger charge is -2.01. The molecule has 0 saturated carbocycles. The second-order valence-corrected chi connectivity index (χ2v) is 4.21. The molecular formula is C13H15N3O2. The van der Waals surface area contributed by atoms with Gasteiger partial charge in [0, 0.05) is 17.7 Å². The number of carbonyl (C=O) groups excluding carboxylic acids is 1. The van der Waals surface area contributed by atoms with E-state index in [0.717, 1.165) is 0 Å². The molecule has 0 amide bonds. The highest BCUT2D eigenvalue weighted by Crippen LogP contribution is 2.10. The molecule has 0 spiro atoms. The summed E-state index contributed by atoms with van der Waals surface area (Å²) in [7, 11) is 0. The SMILES string of the molecule is CC(CO)c1cn(CC(=O)c2ccccc2)nn1. The van der Waals surface area contributed by atoms with Crippen molar-refractivity contribution in [2.45, 2.75) is 19.4 Å². The molecule has 0 radical (unpaired) electrons. The van der Waals surface area contributed by atoms with Crippen molar-refractivity contribution in [3.63, 3.8) is 0 Å². The van der Waals surface area contributed by atoms with Gasteiger partial charge < -0.3 is 5.11 Å². The molecule has 18 heavy (non-hydrogen) atoms. The van der Waals surface area contributed by atoms with E-state index in [1.807, 2.05) is 25.1 Å². The summed E-state index contributed by atoms with van der Waals surface area (Å²) >= 11 is 0. The van der Waals surface area contributed by atoms with E-state index in [-0.39, 0.29) is 24.9 Å². The van der Waals surface area contributed by atoms with E-state index >= 15 is 0 Å². The van der Waals surface area contributed by atoms with Gasteiger partial charge >= 0.3 is 0 Å². The van der Waals surface area contributed by atoms with Crippen molar-refractivity contribution >= 4 is 5.78 Å². The number of carbonyl (C=O) groups is 1. The van der Waals surface area contributed by atoms with Crippen LogP contribution >= 0.6 is 0 Å². The third kappa shape index (κ3) is 2.81. The summed E-state index contributed by atoms with van der Waals surface area (Å²) in [6.07, 6.45) is 1.70. The highest BCUT2D eigenvalue weighted by Gasteiger charge is 2.11. The number of benzene rings is 1. The maximum absolute atomic E-state index is 11.9. The number of aromatic nitrogens is 3. The van der Waals surface area contributed by atoms with Crippen LogP contribution in [0, 0.1) is 0 Å². The van der Waals surface area contributed by atoms with Gasteiger partial charge in [-0.2, -0.15) is 0 Å². The molecule has 1 heterocycles. The molecule has 1 unspecified atom stereocenters. The van der Waals surface area contributed by atoms with Gasteiger partial charge in [-0.05, 0) is 0 Å². The molecule has 1 aromatic heterocycles. The molecule has 0 fully saturated rings. The van der Waals surface area contributed by atoms with Gasteiger partial charge in [-0.15, -0.1) is 5.10 Å². The van der Waals surface area contributed by atoms with Crippen LogP contribution in [0.1, 0.15) is 28.9 Å². The molecule has 1 N–H and O–H groups in total. The fraction of sp³-hybridized carbons (Fsp3) is 0.308. The van der Waals surface area contributed by atoms with Crippen molar-refractivity contribution in [1.82, 2.24) is 15.0 Å². The molecule has 94 valence electrons. The number of aliphatic hydroxyl groups excluding tert-OH is 1. The molecule has 0 aliphatic rings. The lowest BCUT2D eigenvalue weighted by molar-refractivity contribution is 0.0967. The van der Waals surface area contributed by atoms with Crippen LogP contribution in [-0.4, -0.2) is 32.5 Å². The van der Waals surface area contributed by atoms with Crippen molar-refractivity contribution in [1.29, 1.82) is 0 Å². The van der Waals surface area contributed by atoms with Gasteiger partial charge in [-0.25, -0.2) is 4.68 Å². The lowest BCUT2D eigenvalue weighted by atomic mass is 10.1. The third-order valence-electron chi connectivity index (χ3n) is 2.74. The van der Waals surface area contributed by atoms with Gasteiger partial charge in [0.1, 0.15) is 6.54 Å². The smallest absolute Gasteiger partial charge is 0.184 e. The minimum absolute atomic E-state index is 0.0105. The number of hydrogen-bond acceptors (Lipinski definition) is 4. The number of hydrogen-bond donors (Lipinski definition) is 1. The molecule has 1 atom stereocenters. The normalized spacial score (nSPS) is 12.3. The van der Waals surface area contributed by atoms with Crippen LogP contribution in [0.25, 0.3) is 0 Å². The van der Waals surface area contributed by atoms with Gasteiger partial charge in [-0.3, -0.25) is 4.79 Å². The lowest BCUT2D eigenvalue weighted by Crippen LogP contribution is -2.10.